The number of piperazine rings is 1. The molecule has 2 N–H and O–H groups in total. The number of aliphatic imine (C=N–C) groups is 1. The van der Waals surface area contributed by atoms with Crippen molar-refractivity contribution in [2.45, 2.75) is 71.4 Å². The van der Waals surface area contributed by atoms with Crippen molar-refractivity contribution in [1.29, 1.82) is 0 Å². The Morgan fingerprint density at radius 3 is 2.44 bits per heavy atom. The lowest BCUT2D eigenvalue weighted by atomic mass is 9.85. The molecule has 0 aromatic carbocycles. The van der Waals surface area contributed by atoms with Gasteiger partial charge in [-0.25, -0.2) is 0 Å². The molecule has 1 aliphatic heterocycles. The Labute approximate surface area is 165 Å². The molecule has 27 heavy (non-hydrogen) atoms. The van der Waals surface area contributed by atoms with Crippen LogP contribution in [0.2, 0.25) is 0 Å². The summed E-state index contributed by atoms with van der Waals surface area (Å²) >= 11 is 0. The number of guanidine groups is 1. The molecule has 6 heteroatoms. The minimum absolute atomic E-state index is 0.132. The summed E-state index contributed by atoms with van der Waals surface area (Å²) in [5.41, 5.74) is 0. The van der Waals surface area contributed by atoms with Crippen molar-refractivity contribution in [1.82, 2.24) is 20.4 Å². The van der Waals surface area contributed by atoms with Crippen LogP contribution in [0.5, 0.6) is 0 Å². The molecule has 3 aliphatic rings. The molecule has 1 saturated heterocycles. The minimum atomic E-state index is 0.132. The zero-order valence-corrected chi connectivity index (χ0v) is 17.5. The minimum Gasteiger partial charge on any atom is -0.353 e. The van der Waals surface area contributed by atoms with Crippen LogP contribution >= 0.6 is 0 Å². The fourth-order valence-electron chi connectivity index (χ4n) is 4.70. The molecule has 0 aromatic heterocycles. The first kappa shape index (κ1) is 20.4. The maximum Gasteiger partial charge on any atom is 0.234 e. The molecule has 0 spiro atoms. The highest BCUT2D eigenvalue weighted by Gasteiger charge is 2.44. The number of rotatable bonds is 6. The maximum absolute atomic E-state index is 12.0. The first-order chi connectivity index (χ1) is 13.1. The number of hydrogen-bond acceptors (Lipinski definition) is 3. The zero-order chi connectivity index (χ0) is 19.2. The third-order valence-electron chi connectivity index (χ3n) is 6.21. The summed E-state index contributed by atoms with van der Waals surface area (Å²) in [4.78, 5) is 21.4. The van der Waals surface area contributed by atoms with Gasteiger partial charge in [-0.1, -0.05) is 32.1 Å². The summed E-state index contributed by atoms with van der Waals surface area (Å²) in [5.74, 6) is 3.03. The van der Waals surface area contributed by atoms with E-state index in [-0.39, 0.29) is 11.9 Å². The number of nitrogens with zero attached hydrogens (tertiary/aromatic N) is 3. The molecule has 0 aromatic rings. The van der Waals surface area contributed by atoms with Gasteiger partial charge >= 0.3 is 0 Å². The average molecular weight is 378 g/mol. The van der Waals surface area contributed by atoms with E-state index >= 15 is 0 Å². The summed E-state index contributed by atoms with van der Waals surface area (Å²) in [7, 11) is 0. The molecule has 2 unspecified atom stereocenters. The number of nitrogens with one attached hydrogen (secondary N) is 2. The van der Waals surface area contributed by atoms with E-state index in [1.165, 1.54) is 38.5 Å². The quantitative estimate of drug-likeness (QED) is 0.549. The van der Waals surface area contributed by atoms with Gasteiger partial charge in [0.2, 0.25) is 5.91 Å². The molecule has 3 fully saturated rings. The van der Waals surface area contributed by atoms with Gasteiger partial charge in [0.05, 0.1) is 6.54 Å². The first-order valence-electron chi connectivity index (χ1n) is 11.1. The van der Waals surface area contributed by atoms with E-state index in [1.54, 1.807) is 0 Å². The third-order valence-corrected chi connectivity index (χ3v) is 6.21. The van der Waals surface area contributed by atoms with Crippen molar-refractivity contribution < 1.29 is 4.79 Å². The predicted octanol–water partition coefficient (Wildman–Crippen LogP) is 2.06. The lowest BCUT2D eigenvalue weighted by Gasteiger charge is -2.36. The highest BCUT2D eigenvalue weighted by atomic mass is 16.2. The highest BCUT2D eigenvalue weighted by Crippen LogP contribution is 2.44. The largest absolute Gasteiger partial charge is 0.353 e. The molecule has 3 rings (SSSR count). The van der Waals surface area contributed by atoms with Crippen LogP contribution in [0.1, 0.15) is 59.3 Å². The van der Waals surface area contributed by atoms with Gasteiger partial charge in [0.15, 0.2) is 5.96 Å². The third kappa shape index (κ3) is 6.09. The van der Waals surface area contributed by atoms with Crippen molar-refractivity contribution in [3.8, 4) is 0 Å². The molecule has 154 valence electrons. The molecule has 2 atom stereocenters. The normalized spacial score (nSPS) is 27.7. The summed E-state index contributed by atoms with van der Waals surface area (Å²) in [6.07, 6.45) is 8.47. The fourth-order valence-corrected chi connectivity index (χ4v) is 4.70. The average Bonchev–Trinajstić information content (AvgIpc) is 3.41. The Morgan fingerprint density at radius 1 is 1.11 bits per heavy atom. The zero-order valence-electron chi connectivity index (χ0n) is 17.5. The lowest BCUT2D eigenvalue weighted by Crippen LogP contribution is -2.54. The molecule has 1 heterocycles. The Bertz CT molecular complexity index is 507. The van der Waals surface area contributed by atoms with Crippen LogP contribution < -0.4 is 10.6 Å². The second-order valence-electron chi connectivity index (χ2n) is 8.83. The Hall–Kier alpha value is -1.30. The van der Waals surface area contributed by atoms with Crippen molar-refractivity contribution >= 4 is 11.9 Å². The van der Waals surface area contributed by atoms with Crippen molar-refractivity contribution in [3.05, 3.63) is 0 Å². The number of carbonyl (C=O) groups is 1. The van der Waals surface area contributed by atoms with E-state index in [0.29, 0.717) is 12.6 Å². The van der Waals surface area contributed by atoms with E-state index in [0.717, 1.165) is 50.5 Å². The lowest BCUT2D eigenvalue weighted by molar-refractivity contribution is -0.123. The van der Waals surface area contributed by atoms with Gasteiger partial charge in [-0.2, -0.15) is 0 Å². The van der Waals surface area contributed by atoms with E-state index in [2.05, 4.69) is 27.4 Å². The van der Waals surface area contributed by atoms with Crippen LogP contribution in [-0.4, -0.2) is 73.0 Å². The molecule has 6 nitrogen and oxygen atoms in total. The molecule has 2 aliphatic carbocycles. The topological polar surface area (TPSA) is 60.0 Å². The SMILES string of the molecule is CCN=C(NC1CC1C1CCCCC1)N1CCN(CC(=O)NC(C)C)CC1. The number of hydrogen-bond donors (Lipinski definition) is 2. The van der Waals surface area contributed by atoms with E-state index < -0.39 is 0 Å². The van der Waals surface area contributed by atoms with Crippen LogP contribution in [0.4, 0.5) is 0 Å². The Balaban J connectivity index is 1.43. The molecule has 1 amide bonds. The van der Waals surface area contributed by atoms with Crippen LogP contribution in [0.3, 0.4) is 0 Å². The fraction of sp³-hybridized carbons (Fsp3) is 0.905. The Kier molecular flexibility index (Phi) is 7.39. The number of carbonyl (C=O) groups excluding carboxylic acids is 1. The van der Waals surface area contributed by atoms with Crippen LogP contribution in [0.15, 0.2) is 4.99 Å². The van der Waals surface area contributed by atoms with Gasteiger partial charge in [-0.05, 0) is 39.0 Å². The standard InChI is InChI=1S/C21H39N5O/c1-4-22-21(24-19-14-18(19)17-8-6-5-7-9-17)26-12-10-25(11-13-26)15-20(27)23-16(2)3/h16-19H,4-15H2,1-3H3,(H,22,24)(H,23,27). The van der Waals surface area contributed by atoms with Crippen molar-refractivity contribution in [3.63, 3.8) is 0 Å². The first-order valence-corrected chi connectivity index (χ1v) is 11.1. The maximum atomic E-state index is 12.0. The predicted molar refractivity (Wildman–Crippen MR) is 111 cm³/mol. The number of amides is 1. The van der Waals surface area contributed by atoms with Crippen molar-refractivity contribution in [2.24, 2.45) is 16.8 Å². The van der Waals surface area contributed by atoms with Gasteiger partial charge < -0.3 is 15.5 Å². The summed E-state index contributed by atoms with van der Waals surface area (Å²) < 4.78 is 0. The highest BCUT2D eigenvalue weighted by molar-refractivity contribution is 5.81. The second-order valence-corrected chi connectivity index (χ2v) is 8.83. The molecular formula is C21H39N5O. The van der Waals surface area contributed by atoms with Crippen LogP contribution in [0.25, 0.3) is 0 Å². The molecular weight excluding hydrogens is 338 g/mol. The molecule has 0 radical (unpaired) electrons. The van der Waals surface area contributed by atoms with E-state index in [9.17, 15) is 4.79 Å². The summed E-state index contributed by atoms with van der Waals surface area (Å²) in [5, 5.41) is 6.75. The van der Waals surface area contributed by atoms with Gasteiger partial charge in [0, 0.05) is 44.8 Å². The molecule has 0 bridgehead atoms. The van der Waals surface area contributed by atoms with E-state index in [1.807, 2.05) is 13.8 Å². The molecule has 2 saturated carbocycles. The smallest absolute Gasteiger partial charge is 0.234 e. The van der Waals surface area contributed by atoms with E-state index in [4.69, 9.17) is 4.99 Å². The Morgan fingerprint density at radius 2 is 1.81 bits per heavy atom. The van der Waals surface area contributed by atoms with Crippen LogP contribution in [0, 0.1) is 11.8 Å². The van der Waals surface area contributed by atoms with Gasteiger partial charge in [-0.3, -0.25) is 14.7 Å². The summed E-state index contributed by atoms with van der Waals surface area (Å²) in [6.45, 7) is 11.2. The van der Waals surface area contributed by atoms with Gasteiger partial charge in [0.1, 0.15) is 0 Å². The van der Waals surface area contributed by atoms with Crippen molar-refractivity contribution in [2.75, 3.05) is 39.3 Å². The van der Waals surface area contributed by atoms with Gasteiger partial charge in [0.25, 0.3) is 0 Å². The monoisotopic (exact) mass is 377 g/mol. The summed E-state index contributed by atoms with van der Waals surface area (Å²) in [6, 6.07) is 0.843. The van der Waals surface area contributed by atoms with Crippen LogP contribution in [-0.2, 0) is 4.79 Å². The van der Waals surface area contributed by atoms with Gasteiger partial charge in [-0.15, -0.1) is 0 Å². The second kappa shape index (κ2) is 9.76.